The topological polar surface area (TPSA) is 56.2 Å². The second kappa shape index (κ2) is 2.73. The summed E-state index contributed by atoms with van der Waals surface area (Å²) in [5, 5.41) is 0. The van der Waals surface area contributed by atoms with Gasteiger partial charge in [-0.1, -0.05) is 12.2 Å². The summed E-state index contributed by atoms with van der Waals surface area (Å²) in [5.74, 6) is -0.363. The van der Waals surface area contributed by atoms with Gasteiger partial charge in [0.2, 0.25) is 5.91 Å². The Morgan fingerprint density at radius 1 is 1.27 bits per heavy atom. The predicted molar refractivity (Wildman–Crippen MR) is 56.9 cm³/mol. The number of hydrogen-bond donors (Lipinski definition) is 1. The average molecular weight is 199 g/mol. The maximum atomic E-state index is 11.1. The average Bonchev–Trinajstić information content (AvgIpc) is 2.75. The molecule has 0 atom stereocenters. The molecular formula is C12H9NO2. The van der Waals surface area contributed by atoms with Gasteiger partial charge in [0.1, 0.15) is 10.8 Å². The highest BCUT2D eigenvalue weighted by atomic mass is 16.3. The van der Waals surface area contributed by atoms with E-state index in [0.717, 1.165) is 22.0 Å². The van der Waals surface area contributed by atoms with Crippen LogP contribution < -0.4 is 16.6 Å². The molecule has 0 spiro atoms. The third-order valence-corrected chi connectivity index (χ3v) is 2.74. The minimum Gasteiger partial charge on any atom is -0.456 e. The number of allylic oxidation sites excluding steroid dienone is 2. The lowest BCUT2D eigenvalue weighted by Gasteiger charge is -2.05. The largest absolute Gasteiger partial charge is 0.456 e. The summed E-state index contributed by atoms with van der Waals surface area (Å²) in [5.41, 5.74) is 9.73. The molecule has 0 unspecified atom stereocenters. The summed E-state index contributed by atoms with van der Waals surface area (Å²) in [7, 11) is 0. The molecule has 1 aromatic heterocycles. The zero-order chi connectivity index (χ0) is 10.4. The molecule has 0 radical (unpaired) electrons. The summed E-state index contributed by atoms with van der Waals surface area (Å²) in [6, 6.07) is 0. The number of rotatable bonds is 1. The van der Waals surface area contributed by atoms with Crippen LogP contribution in [0.5, 0.6) is 0 Å². The van der Waals surface area contributed by atoms with Gasteiger partial charge in [-0.2, -0.15) is 0 Å². The molecule has 0 aliphatic heterocycles. The monoisotopic (exact) mass is 199 g/mol. The number of furan rings is 1. The van der Waals surface area contributed by atoms with Crippen molar-refractivity contribution in [2.45, 2.75) is 6.42 Å². The molecule has 2 N–H and O–H groups in total. The molecule has 1 aromatic rings. The van der Waals surface area contributed by atoms with Crippen molar-refractivity contribution in [2.24, 2.45) is 5.73 Å². The number of hydrogen-bond acceptors (Lipinski definition) is 2. The number of primary amides is 1. The van der Waals surface area contributed by atoms with Crippen molar-refractivity contribution in [3.8, 4) is 0 Å². The quantitative estimate of drug-likeness (QED) is 0.683. The first-order valence-electron chi connectivity index (χ1n) is 4.76. The lowest BCUT2D eigenvalue weighted by atomic mass is 9.99. The maximum Gasteiger partial charge on any atom is 0.244 e. The fourth-order valence-electron chi connectivity index (χ4n) is 1.97. The van der Waals surface area contributed by atoms with E-state index in [-0.39, 0.29) is 5.91 Å². The first-order valence-corrected chi connectivity index (χ1v) is 4.76. The second-order valence-corrected chi connectivity index (χ2v) is 3.65. The first kappa shape index (κ1) is 8.29. The molecule has 1 amide bonds. The van der Waals surface area contributed by atoms with Crippen molar-refractivity contribution in [1.82, 2.24) is 0 Å². The van der Waals surface area contributed by atoms with Gasteiger partial charge < -0.3 is 10.2 Å². The smallest absolute Gasteiger partial charge is 0.244 e. The zero-order valence-electron chi connectivity index (χ0n) is 7.99. The fourth-order valence-corrected chi connectivity index (χ4v) is 1.97. The second-order valence-electron chi connectivity index (χ2n) is 3.65. The van der Waals surface area contributed by atoms with E-state index in [2.05, 4.69) is 0 Å². The molecule has 0 aromatic carbocycles. The normalized spacial score (nSPS) is 16.1. The maximum absolute atomic E-state index is 11.1. The van der Waals surface area contributed by atoms with Crippen molar-refractivity contribution in [3.63, 3.8) is 0 Å². The van der Waals surface area contributed by atoms with Gasteiger partial charge >= 0.3 is 0 Å². The molecule has 3 rings (SSSR count). The summed E-state index contributed by atoms with van der Waals surface area (Å²) >= 11 is 0. The standard InChI is InChI=1S/C12H9NO2/c13-12(14)7-4-5-11-9(6-7)8-2-1-3-10(8)15-11/h1-5H,6H2,(H2,13,14). The minimum atomic E-state index is -0.363. The van der Waals surface area contributed by atoms with Crippen molar-refractivity contribution in [1.29, 1.82) is 0 Å². The van der Waals surface area contributed by atoms with Crippen molar-refractivity contribution >= 4 is 24.1 Å². The van der Waals surface area contributed by atoms with Gasteiger partial charge in [0, 0.05) is 23.1 Å². The zero-order valence-corrected chi connectivity index (χ0v) is 7.99. The molecule has 15 heavy (non-hydrogen) atoms. The van der Waals surface area contributed by atoms with E-state index in [9.17, 15) is 4.79 Å². The number of fused-ring (bicyclic) bond motifs is 3. The van der Waals surface area contributed by atoms with Gasteiger partial charge in [0.25, 0.3) is 0 Å². The highest BCUT2D eigenvalue weighted by molar-refractivity contribution is 5.94. The fraction of sp³-hybridized carbons (Fsp3) is 0.0833. The van der Waals surface area contributed by atoms with Crippen LogP contribution in [0, 0.1) is 0 Å². The van der Waals surface area contributed by atoms with Crippen LogP contribution in [0.15, 0.2) is 22.1 Å². The highest BCUT2D eigenvalue weighted by Crippen LogP contribution is 2.15. The molecule has 1 heterocycles. The summed E-state index contributed by atoms with van der Waals surface area (Å²) < 4.78 is 5.61. The lowest BCUT2D eigenvalue weighted by Crippen LogP contribution is -2.20. The Balaban J connectivity index is 2.21. The van der Waals surface area contributed by atoms with Gasteiger partial charge in [-0.3, -0.25) is 4.79 Å². The van der Waals surface area contributed by atoms with Crippen molar-refractivity contribution < 1.29 is 9.21 Å². The molecule has 2 aliphatic rings. The van der Waals surface area contributed by atoms with Gasteiger partial charge in [-0.25, -0.2) is 0 Å². The summed E-state index contributed by atoms with van der Waals surface area (Å²) in [6.45, 7) is 0. The van der Waals surface area contributed by atoms with E-state index in [1.807, 2.05) is 18.2 Å². The van der Waals surface area contributed by atoms with Crippen LogP contribution >= 0.6 is 0 Å². The predicted octanol–water partition coefficient (Wildman–Crippen LogP) is -0.165. The minimum absolute atomic E-state index is 0.363. The SMILES string of the molecule is NC(=O)C1=CC=c2oc3c(c2C1)C=CC=3. The molecule has 0 bridgehead atoms. The Labute approximate surface area is 85.9 Å². The van der Waals surface area contributed by atoms with Crippen LogP contribution in [-0.2, 0) is 11.2 Å². The molecule has 3 nitrogen and oxygen atoms in total. The number of amides is 1. The Morgan fingerprint density at radius 2 is 2.13 bits per heavy atom. The first-order chi connectivity index (χ1) is 7.25. The van der Waals surface area contributed by atoms with Crippen LogP contribution in [0.2, 0.25) is 0 Å². The van der Waals surface area contributed by atoms with Gasteiger partial charge in [-0.15, -0.1) is 0 Å². The van der Waals surface area contributed by atoms with Gasteiger partial charge in [0.05, 0.1) is 0 Å². The van der Waals surface area contributed by atoms with Crippen LogP contribution in [0.3, 0.4) is 0 Å². The highest BCUT2D eigenvalue weighted by Gasteiger charge is 2.18. The Hall–Kier alpha value is -2.03. The molecule has 74 valence electrons. The summed E-state index contributed by atoms with van der Waals surface area (Å²) in [6.07, 6.45) is 9.96. The molecule has 3 heteroatoms. The van der Waals surface area contributed by atoms with E-state index < -0.39 is 0 Å². The molecule has 0 saturated carbocycles. The van der Waals surface area contributed by atoms with Crippen LogP contribution in [0.25, 0.3) is 18.2 Å². The van der Waals surface area contributed by atoms with Crippen molar-refractivity contribution in [2.75, 3.05) is 0 Å². The van der Waals surface area contributed by atoms with Gasteiger partial charge in [0.15, 0.2) is 0 Å². The molecule has 0 fully saturated rings. The van der Waals surface area contributed by atoms with Crippen LogP contribution in [0.1, 0.15) is 11.1 Å². The van der Waals surface area contributed by atoms with E-state index in [4.69, 9.17) is 10.2 Å². The lowest BCUT2D eigenvalue weighted by molar-refractivity contribution is -0.114. The third kappa shape index (κ3) is 1.09. The molecule has 0 saturated heterocycles. The van der Waals surface area contributed by atoms with E-state index >= 15 is 0 Å². The molecular weight excluding hydrogens is 190 g/mol. The number of carbonyl (C=O) groups excluding carboxylic acids is 1. The van der Waals surface area contributed by atoms with Gasteiger partial charge in [-0.05, 0) is 18.2 Å². The third-order valence-electron chi connectivity index (χ3n) is 2.74. The Bertz CT molecular complexity index is 629. The van der Waals surface area contributed by atoms with Crippen molar-refractivity contribution in [3.05, 3.63) is 39.7 Å². The van der Waals surface area contributed by atoms with Crippen LogP contribution in [0.4, 0.5) is 0 Å². The van der Waals surface area contributed by atoms with E-state index in [0.29, 0.717) is 12.0 Å². The Kier molecular flexibility index (Phi) is 1.51. The molecule has 2 aliphatic carbocycles. The number of carbonyl (C=O) groups is 1. The number of nitrogens with two attached hydrogens (primary N) is 1. The summed E-state index contributed by atoms with van der Waals surface area (Å²) in [4.78, 5) is 11.1. The van der Waals surface area contributed by atoms with E-state index in [1.165, 1.54) is 0 Å². The van der Waals surface area contributed by atoms with E-state index in [1.54, 1.807) is 12.2 Å². The van der Waals surface area contributed by atoms with Crippen LogP contribution in [-0.4, -0.2) is 5.91 Å². The Morgan fingerprint density at radius 3 is 2.93 bits per heavy atom.